The minimum atomic E-state index is -0.0384. The van der Waals surface area contributed by atoms with Gasteiger partial charge in [0, 0.05) is 59.1 Å². The number of thiophene rings is 1. The molecule has 0 bridgehead atoms. The third kappa shape index (κ3) is 6.17. The Morgan fingerprint density at radius 2 is 1.89 bits per heavy atom. The quantitative estimate of drug-likeness (QED) is 0.515. The van der Waals surface area contributed by atoms with E-state index in [4.69, 9.17) is 11.6 Å². The number of nitrogens with zero attached hydrogens (tertiary/aromatic N) is 2. The number of amides is 1. The van der Waals surface area contributed by atoms with Crippen LogP contribution in [0.5, 0.6) is 0 Å². The molecule has 0 radical (unpaired) electrons. The average Bonchev–Trinajstić information content (AvgIpc) is 3.19. The van der Waals surface area contributed by atoms with Gasteiger partial charge < -0.3 is 15.1 Å². The van der Waals surface area contributed by atoms with E-state index in [2.05, 4.69) is 22.0 Å². The lowest BCUT2D eigenvalue weighted by Gasteiger charge is -2.33. The molecule has 1 fully saturated rings. The molecule has 2 aromatic rings. The molecule has 1 amide bonds. The van der Waals surface area contributed by atoms with Gasteiger partial charge in [0.2, 0.25) is 5.91 Å². The van der Waals surface area contributed by atoms with Crippen LogP contribution in [-0.2, 0) is 4.79 Å². The third-order valence-electron chi connectivity index (χ3n) is 5.03. The van der Waals surface area contributed by atoms with Gasteiger partial charge in [0.1, 0.15) is 0 Å². The topological polar surface area (TPSA) is 35.6 Å². The molecule has 3 rings (SSSR count). The Morgan fingerprint density at radius 3 is 2.64 bits per heavy atom. The number of halogens is 1. The summed E-state index contributed by atoms with van der Waals surface area (Å²) >= 11 is 7.89. The van der Waals surface area contributed by atoms with Crippen LogP contribution in [0.25, 0.3) is 16.5 Å². The molecule has 1 saturated heterocycles. The summed E-state index contributed by atoms with van der Waals surface area (Å²) in [6.45, 7) is 9.69. The van der Waals surface area contributed by atoms with Crippen LogP contribution in [0.15, 0.2) is 42.5 Å². The molecule has 28 heavy (non-hydrogen) atoms. The highest BCUT2D eigenvalue weighted by atomic mass is 35.5. The van der Waals surface area contributed by atoms with E-state index in [1.165, 1.54) is 0 Å². The maximum absolute atomic E-state index is 12.0. The first-order valence-electron chi connectivity index (χ1n) is 9.91. The van der Waals surface area contributed by atoms with Crippen LogP contribution >= 0.6 is 22.9 Å². The van der Waals surface area contributed by atoms with Gasteiger partial charge in [-0.25, -0.2) is 0 Å². The van der Waals surface area contributed by atoms with Gasteiger partial charge in [-0.2, -0.15) is 0 Å². The summed E-state index contributed by atoms with van der Waals surface area (Å²) in [7, 11) is 0. The highest BCUT2D eigenvalue weighted by molar-refractivity contribution is 7.16. The molecular formula is C22H28ClN3OS. The van der Waals surface area contributed by atoms with E-state index in [0.29, 0.717) is 6.54 Å². The zero-order valence-electron chi connectivity index (χ0n) is 16.4. The summed E-state index contributed by atoms with van der Waals surface area (Å²) in [5, 5.41) is 3.72. The fourth-order valence-electron chi connectivity index (χ4n) is 3.31. The van der Waals surface area contributed by atoms with Crippen molar-refractivity contribution >= 4 is 34.9 Å². The normalized spacial score (nSPS) is 15.9. The molecule has 0 spiro atoms. The van der Waals surface area contributed by atoms with Crippen molar-refractivity contribution in [1.29, 1.82) is 0 Å². The fraction of sp³-hybridized carbons (Fsp3) is 0.409. The first-order valence-corrected chi connectivity index (χ1v) is 11.1. The average molecular weight is 418 g/mol. The molecule has 1 N–H and O–H groups in total. The number of nitrogens with one attached hydrogen (secondary N) is 1. The molecule has 2 heterocycles. The lowest BCUT2D eigenvalue weighted by Crippen LogP contribution is -2.46. The highest BCUT2D eigenvalue weighted by Gasteiger charge is 2.14. The van der Waals surface area contributed by atoms with Crippen LogP contribution in [0.2, 0.25) is 5.02 Å². The monoisotopic (exact) mass is 417 g/mol. The molecule has 6 heteroatoms. The first-order chi connectivity index (χ1) is 13.7. The summed E-state index contributed by atoms with van der Waals surface area (Å²) in [6, 6.07) is 11.9. The van der Waals surface area contributed by atoms with E-state index in [-0.39, 0.29) is 5.91 Å². The van der Waals surface area contributed by atoms with Gasteiger partial charge in [0.25, 0.3) is 0 Å². The summed E-state index contributed by atoms with van der Waals surface area (Å²) < 4.78 is 0. The third-order valence-corrected chi connectivity index (χ3v) is 6.44. The van der Waals surface area contributed by atoms with E-state index >= 15 is 0 Å². The lowest BCUT2D eigenvalue weighted by atomic mass is 10.2. The van der Waals surface area contributed by atoms with Crippen molar-refractivity contribution < 1.29 is 4.79 Å². The number of carbonyl (C=O) groups excluding carboxylic acids is 1. The zero-order chi connectivity index (χ0) is 19.8. The predicted octanol–water partition coefficient (Wildman–Crippen LogP) is 4.23. The van der Waals surface area contributed by atoms with Crippen molar-refractivity contribution in [3.8, 4) is 10.4 Å². The van der Waals surface area contributed by atoms with E-state index < -0.39 is 0 Å². The molecule has 0 aliphatic carbocycles. The van der Waals surface area contributed by atoms with Crippen LogP contribution in [0.3, 0.4) is 0 Å². The van der Waals surface area contributed by atoms with Crippen molar-refractivity contribution in [2.45, 2.75) is 13.3 Å². The Balaban J connectivity index is 1.38. The number of hydrogen-bond donors (Lipinski definition) is 1. The number of hydrogen-bond acceptors (Lipinski definition) is 4. The van der Waals surface area contributed by atoms with Crippen LogP contribution in [0, 0.1) is 0 Å². The number of rotatable bonds is 8. The Bertz CT molecular complexity index is 797. The van der Waals surface area contributed by atoms with Crippen molar-refractivity contribution in [2.75, 3.05) is 45.8 Å². The van der Waals surface area contributed by atoms with E-state index in [0.717, 1.165) is 66.0 Å². The summed E-state index contributed by atoms with van der Waals surface area (Å²) in [5.74, 6) is -0.0384. The molecule has 1 aliphatic heterocycles. The summed E-state index contributed by atoms with van der Waals surface area (Å²) in [4.78, 5) is 19.2. The molecule has 4 nitrogen and oxygen atoms in total. The number of likely N-dealkylation sites (N-methyl/N-ethyl adjacent to an activating group) is 1. The molecule has 0 saturated carbocycles. The van der Waals surface area contributed by atoms with Crippen LogP contribution in [-0.4, -0.2) is 61.5 Å². The second-order valence-electron chi connectivity index (χ2n) is 6.94. The van der Waals surface area contributed by atoms with Gasteiger partial charge in [-0.05, 0) is 43.8 Å². The minimum absolute atomic E-state index is 0.0384. The van der Waals surface area contributed by atoms with Gasteiger partial charge in [-0.1, -0.05) is 36.7 Å². The van der Waals surface area contributed by atoms with E-state index in [1.807, 2.05) is 42.5 Å². The van der Waals surface area contributed by atoms with E-state index in [9.17, 15) is 4.79 Å². The molecule has 150 valence electrons. The van der Waals surface area contributed by atoms with Crippen molar-refractivity contribution in [1.82, 2.24) is 15.1 Å². The number of benzene rings is 1. The van der Waals surface area contributed by atoms with Gasteiger partial charge in [-0.15, -0.1) is 11.3 Å². The maximum Gasteiger partial charge on any atom is 0.244 e. The highest BCUT2D eigenvalue weighted by Crippen LogP contribution is 2.33. The van der Waals surface area contributed by atoms with Crippen LogP contribution in [0.1, 0.15) is 18.2 Å². The Labute approximate surface area is 176 Å². The SMILES string of the molecule is CCN1CCN(CCCNC(=O)/C=C/c2ccc(-c3ccccc3Cl)s2)CC1. The molecule has 1 aromatic heterocycles. The van der Waals surface area contributed by atoms with Gasteiger partial charge in [0.05, 0.1) is 0 Å². The molecular weight excluding hydrogens is 390 g/mol. The Morgan fingerprint density at radius 1 is 1.14 bits per heavy atom. The smallest absolute Gasteiger partial charge is 0.244 e. The lowest BCUT2D eigenvalue weighted by molar-refractivity contribution is -0.116. The van der Waals surface area contributed by atoms with Gasteiger partial charge >= 0.3 is 0 Å². The standard InChI is InChI=1S/C22H28ClN3OS/c1-2-25-14-16-26(17-15-25)13-5-12-24-22(27)11-9-18-8-10-21(28-18)19-6-3-4-7-20(19)23/h3-4,6-11H,2,5,12-17H2,1H3,(H,24,27)/b11-9+. The molecule has 0 unspecified atom stereocenters. The largest absolute Gasteiger partial charge is 0.353 e. The van der Waals surface area contributed by atoms with Crippen LogP contribution in [0.4, 0.5) is 0 Å². The molecule has 1 aliphatic rings. The summed E-state index contributed by atoms with van der Waals surface area (Å²) in [5.41, 5.74) is 1.03. The second-order valence-corrected chi connectivity index (χ2v) is 8.46. The van der Waals surface area contributed by atoms with Crippen molar-refractivity contribution in [3.05, 3.63) is 52.4 Å². The number of carbonyl (C=O) groups is 1. The Kier molecular flexibility index (Phi) is 8.10. The van der Waals surface area contributed by atoms with E-state index in [1.54, 1.807) is 17.4 Å². The van der Waals surface area contributed by atoms with Crippen LogP contribution < -0.4 is 5.32 Å². The predicted molar refractivity (Wildman–Crippen MR) is 120 cm³/mol. The molecule has 1 aromatic carbocycles. The first kappa shape index (κ1) is 21.1. The second kappa shape index (κ2) is 10.8. The Hall–Kier alpha value is -1.66. The van der Waals surface area contributed by atoms with Gasteiger partial charge in [-0.3, -0.25) is 4.79 Å². The molecule has 0 atom stereocenters. The summed E-state index contributed by atoms with van der Waals surface area (Å²) in [6.07, 6.45) is 4.47. The number of piperazine rings is 1. The maximum atomic E-state index is 12.0. The van der Waals surface area contributed by atoms with Crippen molar-refractivity contribution in [3.63, 3.8) is 0 Å². The van der Waals surface area contributed by atoms with Gasteiger partial charge in [0.15, 0.2) is 0 Å². The zero-order valence-corrected chi connectivity index (χ0v) is 17.9. The minimum Gasteiger partial charge on any atom is -0.353 e. The van der Waals surface area contributed by atoms with Crippen molar-refractivity contribution in [2.24, 2.45) is 0 Å². The fourth-order valence-corrected chi connectivity index (χ4v) is 4.55.